The number of aromatic nitrogens is 6. The lowest BCUT2D eigenvalue weighted by molar-refractivity contribution is -0.156. The summed E-state index contributed by atoms with van der Waals surface area (Å²) in [5, 5.41) is 30.0. The average Bonchev–Trinajstić information content (AvgIpc) is 1.69. The standard InChI is InChI=1S/C33H46F2N4O6.C22H32N2O6.C10H12ClF3N2.C10H13F3N2O/c1-31(2,3)44-28(41)15-16-37(30(42)45-32(4,5)6)20-27(40)38-17-14-22-18-25(12-13-26(22)38)43-21-23-19-39(24-10-8-9-11-24)36-29(23)33(7,34)35;1-21(2,3)29-19(27)10-11-23(20(28)30-22(4,5)6)14-18(26)24-12-9-15-13-16(25)7-8-17(15)24;11-5-7-6-16(8-3-1-2-4-8)15-9(7)10(12,13)14;11-10(12,13)9-7(6-16)5-15(14-9)8-3-1-2-4-8/h12-13,18-19,24H,8-11,14-17,20-21H2,1-7H3;7-8,13,25H,9-12,14H2,1-6H3;6,8H,1-5H2;5,8,16H,1-4,6H2. The zero-order valence-corrected chi connectivity index (χ0v) is 64.1. The van der Waals surface area contributed by atoms with Crippen molar-refractivity contribution in [2.24, 2.45) is 0 Å². The van der Waals surface area contributed by atoms with Crippen molar-refractivity contribution in [2.75, 3.05) is 49.1 Å². The van der Waals surface area contributed by atoms with Crippen LogP contribution in [-0.2, 0) is 88.3 Å². The van der Waals surface area contributed by atoms with E-state index < -0.39 is 82.8 Å². The highest BCUT2D eigenvalue weighted by Crippen LogP contribution is 2.40. The van der Waals surface area contributed by atoms with Crippen LogP contribution < -0.4 is 14.5 Å². The maximum absolute atomic E-state index is 14.4. The zero-order valence-electron chi connectivity index (χ0n) is 63.4. The van der Waals surface area contributed by atoms with Crippen LogP contribution in [-0.4, -0.2) is 147 Å². The first-order valence-corrected chi connectivity index (χ1v) is 36.7. The number of fused-ring (bicyclic) bond motifs is 2. The Morgan fingerprint density at radius 3 is 1.22 bits per heavy atom. The highest BCUT2D eigenvalue weighted by Gasteiger charge is 2.41. The molecule has 107 heavy (non-hydrogen) atoms. The summed E-state index contributed by atoms with van der Waals surface area (Å²) in [6.07, 6.45) is 6.91. The van der Waals surface area contributed by atoms with Gasteiger partial charge in [0.1, 0.15) is 59.3 Å². The summed E-state index contributed by atoms with van der Waals surface area (Å²) in [5.41, 5.74) is -1.48. The van der Waals surface area contributed by atoms with Crippen LogP contribution in [0.3, 0.4) is 0 Å². The van der Waals surface area contributed by atoms with Crippen molar-refractivity contribution in [1.82, 2.24) is 39.1 Å². The predicted molar refractivity (Wildman–Crippen MR) is 382 cm³/mol. The number of nitrogens with zero attached hydrogens (tertiary/aromatic N) is 10. The number of halogens is 9. The number of anilines is 2. The summed E-state index contributed by atoms with van der Waals surface area (Å²) in [5.74, 6) is -4.15. The molecule has 3 fully saturated rings. The van der Waals surface area contributed by atoms with E-state index in [0.717, 1.165) is 95.1 Å². The Morgan fingerprint density at radius 1 is 0.505 bits per heavy atom. The molecule has 4 amide bonds. The summed E-state index contributed by atoms with van der Waals surface area (Å²) in [4.78, 5) is 82.0. The van der Waals surface area contributed by atoms with Gasteiger partial charge in [0.15, 0.2) is 11.4 Å². The Morgan fingerprint density at radius 2 is 0.869 bits per heavy atom. The highest BCUT2D eigenvalue weighted by atomic mass is 35.5. The number of aliphatic hydroxyl groups is 1. The lowest BCUT2D eigenvalue weighted by Gasteiger charge is -2.29. The van der Waals surface area contributed by atoms with Crippen LogP contribution in [0.5, 0.6) is 11.5 Å². The van der Waals surface area contributed by atoms with Crippen LogP contribution in [0.15, 0.2) is 55.0 Å². The molecular weight excluding hydrogens is 1440 g/mol. The number of aliphatic hydroxyl groups excluding tert-OH is 1. The fourth-order valence-corrected chi connectivity index (χ4v) is 13.1. The van der Waals surface area contributed by atoms with Crippen LogP contribution >= 0.6 is 11.6 Å². The molecule has 2 aromatic carbocycles. The Balaban J connectivity index is 0.000000219. The number of esters is 2. The minimum absolute atomic E-state index is 0.00580. The lowest BCUT2D eigenvalue weighted by Crippen LogP contribution is -2.45. The molecule has 5 aromatic rings. The molecule has 2 N–H and O–H groups in total. The Labute approximate surface area is 624 Å². The number of hydrogen-bond acceptors (Lipinski definition) is 16. The predicted octanol–water partition coefficient (Wildman–Crippen LogP) is 16.1. The van der Waals surface area contributed by atoms with E-state index in [2.05, 4.69) is 15.3 Å². The number of alkyl halides is 9. The van der Waals surface area contributed by atoms with Crippen molar-refractivity contribution in [1.29, 1.82) is 0 Å². The molecule has 3 saturated carbocycles. The monoisotopic (exact) mass is 1540 g/mol. The van der Waals surface area contributed by atoms with Crippen molar-refractivity contribution >= 4 is 58.9 Å². The van der Waals surface area contributed by atoms with Gasteiger partial charge in [0.05, 0.1) is 43.5 Å². The molecular formula is C75H103ClF8N10O13. The van der Waals surface area contributed by atoms with E-state index in [1.807, 2.05) is 6.07 Å². The van der Waals surface area contributed by atoms with Crippen molar-refractivity contribution < 1.29 is 97.8 Å². The maximum Gasteiger partial charge on any atom is 0.435 e. The third-order valence-corrected chi connectivity index (χ3v) is 17.9. The summed E-state index contributed by atoms with van der Waals surface area (Å²) in [7, 11) is 0. The van der Waals surface area contributed by atoms with Crippen LogP contribution in [0.1, 0.15) is 243 Å². The number of rotatable bonds is 19. The molecule has 3 aliphatic carbocycles. The molecule has 2 aliphatic heterocycles. The van der Waals surface area contributed by atoms with Crippen LogP contribution in [0.4, 0.5) is 56.1 Å². The highest BCUT2D eigenvalue weighted by molar-refractivity contribution is 6.17. The quantitative estimate of drug-likeness (QED) is 0.0337. The second kappa shape index (κ2) is 35.9. The van der Waals surface area contributed by atoms with Crippen molar-refractivity contribution in [3.63, 3.8) is 0 Å². The third-order valence-electron chi connectivity index (χ3n) is 17.7. The second-order valence-electron chi connectivity index (χ2n) is 31.4. The molecule has 5 aliphatic rings. The fourth-order valence-electron chi connectivity index (χ4n) is 12.9. The molecule has 594 valence electrons. The first-order chi connectivity index (χ1) is 49.7. The van der Waals surface area contributed by atoms with E-state index in [9.17, 15) is 69.0 Å². The van der Waals surface area contributed by atoms with Gasteiger partial charge in [-0.1, -0.05) is 38.5 Å². The summed E-state index contributed by atoms with van der Waals surface area (Å²) < 4.78 is 136. The van der Waals surface area contributed by atoms with E-state index in [1.165, 1.54) is 37.6 Å². The van der Waals surface area contributed by atoms with Gasteiger partial charge >= 0.3 is 36.5 Å². The fraction of sp³-hybridized carbons (Fsp3) is 0.640. The Bertz CT molecular complexity index is 3770. The number of ether oxygens (including phenoxy) is 5. The van der Waals surface area contributed by atoms with Gasteiger partial charge in [-0.3, -0.25) is 43.0 Å². The van der Waals surface area contributed by atoms with Gasteiger partial charge in [0.2, 0.25) is 11.8 Å². The molecule has 3 aromatic heterocycles. The number of carbonyl (C=O) groups excluding carboxylic acids is 6. The van der Waals surface area contributed by atoms with E-state index in [4.69, 9.17) is 40.4 Å². The van der Waals surface area contributed by atoms with Crippen LogP contribution in [0.25, 0.3) is 0 Å². The lowest BCUT2D eigenvalue weighted by atomic mass is 10.1. The topological polar surface area (TPSA) is 255 Å². The molecule has 32 heteroatoms. The SMILES string of the molecule is CC(C)(C)OC(=O)CCN(CC(=O)N1CCc2cc(O)ccc21)C(=O)OC(C)(C)C.CC(C)(C)OC(=O)CCN(CC(=O)N1CCc2cc(OCc3cn(C4CCCC4)nc3C(C)(F)F)ccc21)C(=O)OC(C)(C)C.FC(F)(F)c1nn(C2CCCC2)cc1CCl.OCc1cn(C2CCCC2)nc1C(F)(F)F. The number of carbonyl (C=O) groups is 6. The van der Waals surface area contributed by atoms with Gasteiger partial charge in [-0.25, -0.2) is 9.59 Å². The molecule has 0 unspecified atom stereocenters. The molecule has 0 atom stereocenters. The molecule has 23 nitrogen and oxygen atoms in total. The van der Waals surface area contributed by atoms with E-state index >= 15 is 0 Å². The molecule has 0 saturated heterocycles. The van der Waals surface area contributed by atoms with Crippen LogP contribution in [0.2, 0.25) is 0 Å². The maximum atomic E-state index is 14.4. The largest absolute Gasteiger partial charge is 0.508 e. The number of amides is 4. The first-order valence-electron chi connectivity index (χ1n) is 36.2. The summed E-state index contributed by atoms with van der Waals surface area (Å²) >= 11 is 5.50. The normalized spacial score (nSPS) is 15.8. The van der Waals surface area contributed by atoms with E-state index in [1.54, 1.807) is 128 Å². The smallest absolute Gasteiger partial charge is 0.435 e. The molecule has 5 heterocycles. The summed E-state index contributed by atoms with van der Waals surface area (Å²) in [6.45, 7) is 21.4. The number of benzene rings is 2. The van der Waals surface area contributed by atoms with Crippen LogP contribution in [0, 0.1) is 0 Å². The molecule has 0 bridgehead atoms. The van der Waals surface area contributed by atoms with E-state index in [0.29, 0.717) is 48.6 Å². The summed E-state index contributed by atoms with van der Waals surface area (Å²) in [6, 6.07) is 10.4. The van der Waals surface area contributed by atoms with Gasteiger partial charge in [-0.15, -0.1) is 11.6 Å². The van der Waals surface area contributed by atoms with Gasteiger partial charge in [0.25, 0.3) is 5.92 Å². The van der Waals surface area contributed by atoms with Crippen molar-refractivity contribution in [3.05, 3.63) is 99.9 Å². The molecule has 10 rings (SSSR count). The zero-order chi connectivity index (χ0) is 79.4. The Kier molecular flexibility index (Phi) is 28.8. The van der Waals surface area contributed by atoms with Crippen molar-refractivity contribution in [3.8, 4) is 11.5 Å². The Hall–Kier alpha value is -8.22. The van der Waals surface area contributed by atoms with Gasteiger partial charge in [0, 0.05) is 79.8 Å². The van der Waals surface area contributed by atoms with Gasteiger partial charge < -0.3 is 43.7 Å². The minimum atomic E-state index is -4.48. The second-order valence-corrected chi connectivity index (χ2v) is 31.7. The van der Waals surface area contributed by atoms with Crippen molar-refractivity contribution in [2.45, 2.75) is 271 Å². The minimum Gasteiger partial charge on any atom is -0.508 e. The van der Waals surface area contributed by atoms with Gasteiger partial charge in [-0.05, 0) is 182 Å². The van der Waals surface area contributed by atoms with E-state index in [-0.39, 0.29) is 104 Å². The number of phenols is 1. The number of aromatic hydroxyl groups is 1. The third kappa shape index (κ3) is 26.0. The number of hydrogen-bond donors (Lipinski definition) is 2. The molecule has 0 radical (unpaired) electrons. The van der Waals surface area contributed by atoms with Gasteiger partial charge in [-0.2, -0.15) is 50.4 Å². The number of phenolic OH excluding ortho intramolecular Hbond substituents is 1. The molecule has 0 spiro atoms. The first kappa shape index (κ1) is 86.0. The average molecular weight is 1540 g/mol.